The lowest BCUT2D eigenvalue weighted by molar-refractivity contribution is -0.131. The predicted octanol–water partition coefficient (Wildman–Crippen LogP) is 2.30. The fourth-order valence-electron chi connectivity index (χ4n) is 3.42. The number of carbonyl (C=O) groups is 1. The quantitative estimate of drug-likeness (QED) is 0.857. The fraction of sp³-hybridized carbons (Fsp3) is 0.562. The van der Waals surface area contributed by atoms with E-state index in [0.717, 1.165) is 36.4 Å². The molecule has 4 nitrogen and oxygen atoms in total. The van der Waals surface area contributed by atoms with Crippen molar-refractivity contribution in [1.29, 1.82) is 0 Å². The van der Waals surface area contributed by atoms with Crippen molar-refractivity contribution >= 4 is 11.6 Å². The smallest absolute Gasteiger partial charge is 0.226 e. The van der Waals surface area contributed by atoms with E-state index >= 15 is 0 Å². The molecule has 2 aliphatic rings. The van der Waals surface area contributed by atoms with Crippen molar-refractivity contribution < 1.29 is 9.53 Å². The molecule has 1 aliphatic heterocycles. The van der Waals surface area contributed by atoms with E-state index < -0.39 is 0 Å². The summed E-state index contributed by atoms with van der Waals surface area (Å²) in [6, 6.07) is 7.28. The second kappa shape index (κ2) is 5.73. The highest BCUT2D eigenvalue weighted by molar-refractivity contribution is 5.76. The van der Waals surface area contributed by atoms with Gasteiger partial charge in [0.15, 0.2) is 0 Å². The van der Waals surface area contributed by atoms with Gasteiger partial charge in [-0.25, -0.2) is 0 Å². The van der Waals surface area contributed by atoms with Crippen molar-refractivity contribution in [3.8, 4) is 5.75 Å². The van der Waals surface area contributed by atoms with Crippen LogP contribution < -0.4 is 10.5 Å². The molecule has 2 unspecified atom stereocenters. The number of fused-ring (bicyclic) bond motifs is 1. The van der Waals surface area contributed by atoms with Crippen LogP contribution in [0.4, 0.5) is 5.69 Å². The van der Waals surface area contributed by atoms with Crippen LogP contribution in [0.5, 0.6) is 5.75 Å². The van der Waals surface area contributed by atoms with E-state index in [1.807, 2.05) is 17.0 Å². The molecule has 2 atom stereocenters. The maximum absolute atomic E-state index is 12.1. The molecule has 0 radical (unpaired) electrons. The molecule has 1 aromatic rings. The number of hydrogen-bond donors (Lipinski definition) is 1. The minimum atomic E-state index is 0.231. The second-order valence-corrected chi connectivity index (χ2v) is 5.92. The van der Waals surface area contributed by atoms with Crippen molar-refractivity contribution in [3.63, 3.8) is 0 Å². The number of likely N-dealkylation sites (tertiary alicyclic amines) is 1. The standard InChI is InChI=1S/C16H22N2O2/c17-14-4-6-15(7-5-14)20-9-8-16(19)18-10-12-2-1-3-13(12)11-18/h4-7,12-13H,1-3,8-11,17H2. The number of hydrogen-bond acceptors (Lipinski definition) is 3. The van der Waals surface area contributed by atoms with Crippen LogP contribution >= 0.6 is 0 Å². The predicted molar refractivity (Wildman–Crippen MR) is 78.4 cm³/mol. The number of nitrogens with two attached hydrogens (primary N) is 1. The summed E-state index contributed by atoms with van der Waals surface area (Å²) in [6.45, 7) is 2.37. The Hall–Kier alpha value is -1.71. The summed E-state index contributed by atoms with van der Waals surface area (Å²) >= 11 is 0. The average Bonchev–Trinajstić information content (AvgIpc) is 3.02. The Morgan fingerprint density at radius 2 is 1.85 bits per heavy atom. The molecular weight excluding hydrogens is 252 g/mol. The van der Waals surface area contributed by atoms with E-state index in [2.05, 4.69) is 0 Å². The van der Waals surface area contributed by atoms with Gasteiger partial charge in [-0.1, -0.05) is 6.42 Å². The average molecular weight is 274 g/mol. The van der Waals surface area contributed by atoms with Gasteiger partial charge < -0.3 is 15.4 Å². The highest BCUT2D eigenvalue weighted by Gasteiger charge is 2.37. The van der Waals surface area contributed by atoms with Crippen molar-refractivity contribution in [3.05, 3.63) is 24.3 Å². The molecule has 1 aromatic carbocycles. The fourth-order valence-corrected chi connectivity index (χ4v) is 3.42. The number of anilines is 1. The summed E-state index contributed by atoms with van der Waals surface area (Å²) in [6.07, 6.45) is 4.41. The molecule has 1 saturated heterocycles. The molecule has 1 aliphatic carbocycles. The van der Waals surface area contributed by atoms with Gasteiger partial charge in [-0.3, -0.25) is 4.79 Å². The summed E-state index contributed by atoms with van der Waals surface area (Å²) in [5.74, 6) is 2.52. The van der Waals surface area contributed by atoms with Gasteiger partial charge in [0.25, 0.3) is 0 Å². The molecule has 20 heavy (non-hydrogen) atoms. The SMILES string of the molecule is Nc1ccc(OCCC(=O)N2CC3CCCC3C2)cc1. The van der Waals surface area contributed by atoms with Crippen molar-refractivity contribution in [2.24, 2.45) is 11.8 Å². The van der Waals surface area contributed by atoms with Crippen LogP contribution in [0.2, 0.25) is 0 Å². The second-order valence-electron chi connectivity index (χ2n) is 5.92. The maximum Gasteiger partial charge on any atom is 0.226 e. The Bertz CT molecular complexity index is 460. The van der Waals surface area contributed by atoms with Gasteiger partial charge in [0.2, 0.25) is 5.91 Å². The number of carbonyl (C=O) groups excluding carboxylic acids is 1. The van der Waals surface area contributed by atoms with Gasteiger partial charge in [0, 0.05) is 18.8 Å². The summed E-state index contributed by atoms with van der Waals surface area (Å²) in [7, 11) is 0. The van der Waals surface area contributed by atoms with E-state index in [0.29, 0.717) is 13.0 Å². The van der Waals surface area contributed by atoms with E-state index in [4.69, 9.17) is 10.5 Å². The van der Waals surface area contributed by atoms with Crippen LogP contribution in [0.3, 0.4) is 0 Å². The summed E-state index contributed by atoms with van der Waals surface area (Å²) in [5, 5.41) is 0. The third kappa shape index (κ3) is 2.89. The van der Waals surface area contributed by atoms with Crippen LogP contribution in [0.15, 0.2) is 24.3 Å². The van der Waals surface area contributed by atoms with E-state index in [1.54, 1.807) is 12.1 Å². The normalized spacial score (nSPS) is 24.7. The number of amides is 1. The Morgan fingerprint density at radius 3 is 2.50 bits per heavy atom. The van der Waals surface area contributed by atoms with Gasteiger partial charge >= 0.3 is 0 Å². The molecule has 1 saturated carbocycles. The highest BCUT2D eigenvalue weighted by Crippen LogP contribution is 2.37. The Kier molecular flexibility index (Phi) is 3.81. The Labute approximate surface area is 119 Å². The third-order valence-electron chi connectivity index (χ3n) is 4.54. The van der Waals surface area contributed by atoms with Gasteiger partial charge in [-0.15, -0.1) is 0 Å². The Morgan fingerprint density at radius 1 is 1.20 bits per heavy atom. The van der Waals surface area contributed by atoms with Gasteiger partial charge in [0.1, 0.15) is 5.75 Å². The van der Waals surface area contributed by atoms with Crippen molar-refractivity contribution in [2.45, 2.75) is 25.7 Å². The minimum absolute atomic E-state index is 0.231. The number of nitrogens with zero attached hydrogens (tertiary/aromatic N) is 1. The molecule has 0 bridgehead atoms. The zero-order chi connectivity index (χ0) is 13.9. The topological polar surface area (TPSA) is 55.6 Å². The van der Waals surface area contributed by atoms with Crippen LogP contribution in [0, 0.1) is 11.8 Å². The molecule has 4 heteroatoms. The summed E-state index contributed by atoms with van der Waals surface area (Å²) < 4.78 is 5.58. The first kappa shape index (κ1) is 13.3. The molecule has 2 fully saturated rings. The zero-order valence-corrected chi connectivity index (χ0v) is 11.8. The number of ether oxygens (including phenoxy) is 1. The largest absolute Gasteiger partial charge is 0.493 e. The van der Waals surface area contributed by atoms with Crippen LogP contribution in [-0.2, 0) is 4.79 Å². The van der Waals surface area contributed by atoms with Crippen LogP contribution in [0.25, 0.3) is 0 Å². The lowest BCUT2D eigenvalue weighted by atomic mass is 10.0. The minimum Gasteiger partial charge on any atom is -0.493 e. The monoisotopic (exact) mass is 274 g/mol. The third-order valence-corrected chi connectivity index (χ3v) is 4.54. The van der Waals surface area contributed by atoms with Crippen LogP contribution in [-0.4, -0.2) is 30.5 Å². The number of benzene rings is 1. The molecule has 0 aromatic heterocycles. The summed E-state index contributed by atoms with van der Waals surface area (Å²) in [4.78, 5) is 14.2. The van der Waals surface area contributed by atoms with Gasteiger partial charge in [0.05, 0.1) is 13.0 Å². The van der Waals surface area contributed by atoms with E-state index in [-0.39, 0.29) is 5.91 Å². The first-order valence-corrected chi connectivity index (χ1v) is 7.48. The lowest BCUT2D eigenvalue weighted by Crippen LogP contribution is -2.30. The first-order valence-electron chi connectivity index (χ1n) is 7.48. The van der Waals surface area contributed by atoms with Crippen molar-refractivity contribution in [2.75, 3.05) is 25.4 Å². The molecule has 2 N–H and O–H groups in total. The molecule has 108 valence electrons. The summed E-state index contributed by atoms with van der Waals surface area (Å²) in [5.41, 5.74) is 6.33. The van der Waals surface area contributed by atoms with Crippen molar-refractivity contribution in [1.82, 2.24) is 4.90 Å². The number of nitrogen functional groups attached to an aromatic ring is 1. The van der Waals surface area contributed by atoms with Gasteiger partial charge in [-0.05, 0) is 48.9 Å². The zero-order valence-electron chi connectivity index (χ0n) is 11.8. The Balaban J connectivity index is 1.42. The molecule has 1 heterocycles. The first-order chi connectivity index (χ1) is 9.72. The van der Waals surface area contributed by atoms with Crippen LogP contribution in [0.1, 0.15) is 25.7 Å². The lowest BCUT2D eigenvalue weighted by Gasteiger charge is -2.17. The highest BCUT2D eigenvalue weighted by atomic mass is 16.5. The van der Waals surface area contributed by atoms with E-state index in [1.165, 1.54) is 19.3 Å². The molecule has 1 amide bonds. The maximum atomic E-state index is 12.1. The molecule has 3 rings (SSSR count). The molecular formula is C16H22N2O2. The van der Waals surface area contributed by atoms with E-state index in [9.17, 15) is 4.79 Å². The number of rotatable bonds is 4. The van der Waals surface area contributed by atoms with Gasteiger partial charge in [-0.2, -0.15) is 0 Å². The molecule has 0 spiro atoms.